The van der Waals surface area contributed by atoms with E-state index in [1.807, 2.05) is 12.1 Å². The summed E-state index contributed by atoms with van der Waals surface area (Å²) in [6.45, 7) is 0.352. The second-order valence-corrected chi connectivity index (χ2v) is 5.25. The van der Waals surface area contributed by atoms with E-state index < -0.39 is 0 Å². The first-order valence-electron chi connectivity index (χ1n) is 5.78. The monoisotopic (exact) mass is 276 g/mol. The number of thiophene rings is 1. The SMILES string of the molecule is Fc1ccc(OCc2cc3cccc(F)c3s2)cc1. The van der Waals surface area contributed by atoms with Gasteiger partial charge in [-0.2, -0.15) is 0 Å². The zero-order valence-electron chi connectivity index (χ0n) is 9.90. The maximum Gasteiger partial charge on any atom is 0.140 e. The molecule has 0 fully saturated rings. The highest BCUT2D eigenvalue weighted by Crippen LogP contribution is 2.28. The number of fused-ring (bicyclic) bond motifs is 1. The molecule has 0 saturated heterocycles. The number of benzene rings is 2. The topological polar surface area (TPSA) is 9.23 Å². The summed E-state index contributed by atoms with van der Waals surface area (Å²) in [7, 11) is 0. The molecule has 0 bridgehead atoms. The molecule has 4 heteroatoms. The number of hydrogen-bond acceptors (Lipinski definition) is 2. The molecule has 0 saturated carbocycles. The lowest BCUT2D eigenvalue weighted by atomic mass is 10.2. The van der Waals surface area contributed by atoms with Crippen LogP contribution in [-0.4, -0.2) is 0 Å². The van der Waals surface area contributed by atoms with Crippen LogP contribution in [0.25, 0.3) is 10.1 Å². The molecule has 1 aromatic heterocycles. The molecule has 0 radical (unpaired) electrons. The fourth-order valence-corrected chi connectivity index (χ4v) is 2.81. The van der Waals surface area contributed by atoms with Crippen LogP contribution in [0.3, 0.4) is 0 Å². The van der Waals surface area contributed by atoms with E-state index in [-0.39, 0.29) is 11.6 Å². The summed E-state index contributed by atoms with van der Waals surface area (Å²) < 4.78 is 32.5. The van der Waals surface area contributed by atoms with Crippen LogP contribution in [0.15, 0.2) is 48.5 Å². The maximum absolute atomic E-state index is 13.5. The summed E-state index contributed by atoms with van der Waals surface area (Å²) in [5.41, 5.74) is 0. The molecule has 0 atom stereocenters. The van der Waals surface area contributed by atoms with E-state index in [1.165, 1.54) is 29.5 Å². The van der Waals surface area contributed by atoms with Crippen molar-refractivity contribution in [2.24, 2.45) is 0 Å². The molecule has 1 nitrogen and oxygen atoms in total. The highest BCUT2D eigenvalue weighted by atomic mass is 32.1. The van der Waals surface area contributed by atoms with Crippen molar-refractivity contribution < 1.29 is 13.5 Å². The van der Waals surface area contributed by atoms with Gasteiger partial charge < -0.3 is 4.74 Å². The predicted octanol–water partition coefficient (Wildman–Crippen LogP) is 4.76. The lowest BCUT2D eigenvalue weighted by Gasteiger charge is -2.03. The molecule has 0 N–H and O–H groups in total. The molecule has 1 heterocycles. The summed E-state index contributed by atoms with van der Waals surface area (Å²) in [4.78, 5) is 0.935. The minimum Gasteiger partial charge on any atom is -0.488 e. The standard InChI is InChI=1S/C15H10F2OS/c16-11-4-6-12(7-5-11)18-9-13-8-10-2-1-3-14(17)15(10)19-13/h1-8H,9H2. The summed E-state index contributed by atoms with van der Waals surface area (Å²) >= 11 is 1.37. The van der Waals surface area contributed by atoms with Crippen LogP contribution in [0.1, 0.15) is 4.88 Å². The lowest BCUT2D eigenvalue weighted by Crippen LogP contribution is -1.92. The van der Waals surface area contributed by atoms with Crippen LogP contribution in [0.4, 0.5) is 8.78 Å². The van der Waals surface area contributed by atoms with E-state index in [1.54, 1.807) is 18.2 Å². The van der Waals surface area contributed by atoms with Gasteiger partial charge in [-0.3, -0.25) is 0 Å². The van der Waals surface area contributed by atoms with Gasteiger partial charge in [-0.05, 0) is 41.8 Å². The van der Waals surface area contributed by atoms with E-state index in [0.717, 1.165) is 10.3 Å². The highest BCUT2D eigenvalue weighted by molar-refractivity contribution is 7.19. The first kappa shape index (κ1) is 12.1. The van der Waals surface area contributed by atoms with Gasteiger partial charge in [0.25, 0.3) is 0 Å². The van der Waals surface area contributed by atoms with Gasteiger partial charge in [-0.1, -0.05) is 12.1 Å². The first-order chi connectivity index (χ1) is 9.22. The van der Waals surface area contributed by atoms with E-state index in [4.69, 9.17) is 4.74 Å². The molecule has 3 rings (SSSR count). The average Bonchev–Trinajstić information content (AvgIpc) is 2.83. The van der Waals surface area contributed by atoms with Gasteiger partial charge in [-0.25, -0.2) is 8.78 Å². The van der Waals surface area contributed by atoms with Gasteiger partial charge in [0, 0.05) is 4.88 Å². The van der Waals surface area contributed by atoms with Gasteiger partial charge >= 0.3 is 0 Å². The summed E-state index contributed by atoms with van der Waals surface area (Å²) in [6.07, 6.45) is 0. The second kappa shape index (κ2) is 4.97. The molecule has 2 aromatic carbocycles. The molecule has 0 aliphatic carbocycles. The third kappa shape index (κ3) is 2.58. The normalized spacial score (nSPS) is 10.8. The van der Waals surface area contributed by atoms with Gasteiger partial charge in [0.05, 0.1) is 4.70 Å². The summed E-state index contributed by atoms with van der Waals surface area (Å²) in [5.74, 6) is 0.0890. The van der Waals surface area contributed by atoms with Crippen LogP contribution >= 0.6 is 11.3 Å². The molecule has 0 amide bonds. The summed E-state index contributed by atoms with van der Waals surface area (Å²) in [5, 5.41) is 0.878. The Labute approximate surface area is 113 Å². The third-order valence-corrected chi connectivity index (χ3v) is 3.87. The van der Waals surface area contributed by atoms with Crippen molar-refractivity contribution in [2.75, 3.05) is 0 Å². The van der Waals surface area contributed by atoms with Gasteiger partial charge in [0.2, 0.25) is 0 Å². The zero-order valence-corrected chi connectivity index (χ0v) is 10.7. The van der Waals surface area contributed by atoms with Crippen LogP contribution < -0.4 is 4.74 Å². The molecule has 0 aliphatic rings. The number of halogens is 2. The van der Waals surface area contributed by atoms with Crippen molar-refractivity contribution in [1.82, 2.24) is 0 Å². The minimum absolute atomic E-state index is 0.212. The van der Waals surface area contributed by atoms with Crippen molar-refractivity contribution in [3.63, 3.8) is 0 Å². The quantitative estimate of drug-likeness (QED) is 0.670. The second-order valence-electron chi connectivity index (χ2n) is 4.11. The number of hydrogen-bond donors (Lipinski definition) is 0. The molecular weight excluding hydrogens is 266 g/mol. The fourth-order valence-electron chi connectivity index (χ4n) is 1.84. The molecule has 0 unspecified atom stereocenters. The lowest BCUT2D eigenvalue weighted by molar-refractivity contribution is 0.309. The molecular formula is C15H10F2OS. The van der Waals surface area contributed by atoms with E-state index in [2.05, 4.69) is 0 Å². The Bertz CT molecular complexity index is 704. The van der Waals surface area contributed by atoms with E-state index in [9.17, 15) is 8.78 Å². The fraction of sp³-hybridized carbons (Fsp3) is 0.0667. The van der Waals surface area contributed by atoms with Crippen LogP contribution in [-0.2, 0) is 6.61 Å². The predicted molar refractivity (Wildman–Crippen MR) is 72.5 cm³/mol. The van der Waals surface area contributed by atoms with Crippen molar-refractivity contribution >= 4 is 21.4 Å². The number of rotatable bonds is 3. The Morgan fingerprint density at radius 2 is 1.79 bits per heavy atom. The average molecular weight is 276 g/mol. The van der Waals surface area contributed by atoms with Crippen LogP contribution in [0, 0.1) is 11.6 Å². The minimum atomic E-state index is -0.295. The number of ether oxygens (including phenoxy) is 1. The zero-order chi connectivity index (χ0) is 13.2. The molecule has 19 heavy (non-hydrogen) atoms. The van der Waals surface area contributed by atoms with Gasteiger partial charge in [-0.15, -0.1) is 11.3 Å². The molecule has 96 valence electrons. The van der Waals surface area contributed by atoms with Crippen molar-refractivity contribution in [1.29, 1.82) is 0 Å². The Morgan fingerprint density at radius 1 is 1.00 bits per heavy atom. The highest BCUT2D eigenvalue weighted by Gasteiger charge is 2.06. The van der Waals surface area contributed by atoms with Crippen molar-refractivity contribution in [3.8, 4) is 5.75 Å². The Hall–Kier alpha value is -1.94. The van der Waals surface area contributed by atoms with E-state index in [0.29, 0.717) is 17.1 Å². The van der Waals surface area contributed by atoms with Crippen LogP contribution in [0.5, 0.6) is 5.75 Å². The van der Waals surface area contributed by atoms with Crippen molar-refractivity contribution in [3.05, 3.63) is 65.0 Å². The summed E-state index contributed by atoms with van der Waals surface area (Å²) in [6, 6.07) is 12.8. The molecule has 0 spiro atoms. The molecule has 0 aliphatic heterocycles. The first-order valence-corrected chi connectivity index (χ1v) is 6.59. The Morgan fingerprint density at radius 3 is 2.53 bits per heavy atom. The van der Waals surface area contributed by atoms with Crippen LogP contribution in [0.2, 0.25) is 0 Å². The van der Waals surface area contributed by atoms with Crippen molar-refractivity contribution in [2.45, 2.75) is 6.61 Å². The van der Waals surface area contributed by atoms with Gasteiger partial charge in [0.15, 0.2) is 0 Å². The largest absolute Gasteiger partial charge is 0.488 e. The maximum atomic E-state index is 13.5. The van der Waals surface area contributed by atoms with Gasteiger partial charge in [0.1, 0.15) is 24.0 Å². The van der Waals surface area contributed by atoms with E-state index >= 15 is 0 Å². The Kier molecular flexibility index (Phi) is 3.17. The Balaban J connectivity index is 1.78. The smallest absolute Gasteiger partial charge is 0.140 e. The third-order valence-electron chi connectivity index (χ3n) is 2.74. The molecule has 3 aromatic rings.